The Hall–Kier alpha value is -2.10. The van der Waals surface area contributed by atoms with Gasteiger partial charge in [-0.25, -0.2) is 4.98 Å². The second-order valence-corrected chi connectivity index (χ2v) is 5.40. The second-order valence-electron chi connectivity index (χ2n) is 4.61. The molecule has 3 rings (SSSR count). The van der Waals surface area contributed by atoms with E-state index in [0.717, 1.165) is 11.1 Å². The summed E-state index contributed by atoms with van der Waals surface area (Å²) in [7, 11) is 0. The Labute approximate surface area is 138 Å². The van der Waals surface area contributed by atoms with Gasteiger partial charge >= 0.3 is 0 Å². The molecule has 1 heterocycles. The summed E-state index contributed by atoms with van der Waals surface area (Å²) >= 11 is 12.2. The lowest BCUT2D eigenvalue weighted by Gasteiger charge is -2.12. The van der Waals surface area contributed by atoms with Gasteiger partial charge in [-0.3, -0.25) is 4.98 Å². The molecule has 0 saturated carbocycles. The van der Waals surface area contributed by atoms with Crippen LogP contribution in [0, 0.1) is 0 Å². The molecule has 0 fully saturated rings. The van der Waals surface area contributed by atoms with Crippen LogP contribution in [0.3, 0.4) is 0 Å². The maximum Gasteiger partial charge on any atom is 0.155 e. The maximum absolute atomic E-state index is 6.13. The molecule has 0 radical (unpaired) electrons. The van der Waals surface area contributed by atoms with Gasteiger partial charge in [0, 0.05) is 23.0 Å². The summed E-state index contributed by atoms with van der Waals surface area (Å²) < 4.78 is 5.90. The molecule has 22 heavy (non-hydrogen) atoms. The minimum atomic E-state index is 0.314. The first-order valence-electron chi connectivity index (χ1n) is 6.67. The number of aromatic nitrogens is 2. The largest absolute Gasteiger partial charge is 0.488 e. The summed E-state index contributed by atoms with van der Waals surface area (Å²) in [6.07, 6.45) is 3.13. The van der Waals surface area contributed by atoms with Crippen LogP contribution in [0.15, 0.2) is 60.9 Å². The van der Waals surface area contributed by atoms with Gasteiger partial charge in [0.1, 0.15) is 18.1 Å². The predicted octanol–water partition coefficient (Wildman–Crippen LogP) is 5.03. The van der Waals surface area contributed by atoms with Gasteiger partial charge < -0.3 is 4.74 Å². The van der Waals surface area contributed by atoms with E-state index in [1.807, 2.05) is 36.4 Å². The van der Waals surface area contributed by atoms with Crippen molar-refractivity contribution in [1.82, 2.24) is 9.97 Å². The predicted molar refractivity (Wildman–Crippen MR) is 88.3 cm³/mol. The second kappa shape index (κ2) is 6.77. The van der Waals surface area contributed by atoms with Crippen LogP contribution >= 0.6 is 23.2 Å². The monoisotopic (exact) mass is 330 g/mol. The molecule has 0 spiro atoms. The molecule has 2 aromatic carbocycles. The van der Waals surface area contributed by atoms with Crippen molar-refractivity contribution in [2.75, 3.05) is 0 Å². The average Bonchev–Trinajstić information content (AvgIpc) is 2.55. The highest BCUT2D eigenvalue weighted by atomic mass is 35.5. The quantitative estimate of drug-likeness (QED) is 0.672. The Morgan fingerprint density at radius 2 is 1.68 bits per heavy atom. The molecule has 0 saturated heterocycles. The van der Waals surface area contributed by atoms with Crippen molar-refractivity contribution in [1.29, 1.82) is 0 Å². The van der Waals surface area contributed by atoms with Gasteiger partial charge in [0.2, 0.25) is 0 Å². The zero-order valence-electron chi connectivity index (χ0n) is 11.5. The average molecular weight is 331 g/mol. The number of rotatable bonds is 4. The lowest BCUT2D eigenvalue weighted by Crippen LogP contribution is -1.98. The Kier molecular flexibility index (Phi) is 4.56. The summed E-state index contributed by atoms with van der Waals surface area (Å²) in [5.41, 5.74) is 2.35. The Bertz CT molecular complexity index is 779. The van der Waals surface area contributed by atoms with Gasteiger partial charge in [0.25, 0.3) is 0 Å². The molecule has 5 heteroatoms. The molecule has 0 aliphatic heterocycles. The highest BCUT2D eigenvalue weighted by molar-refractivity contribution is 6.32. The van der Waals surface area contributed by atoms with Gasteiger partial charge in [-0.05, 0) is 23.8 Å². The topological polar surface area (TPSA) is 35.0 Å². The van der Waals surface area contributed by atoms with Gasteiger partial charge in [0.05, 0.1) is 0 Å². The summed E-state index contributed by atoms with van der Waals surface area (Å²) in [6.45, 7) is 0.452. The molecule has 0 amide bonds. The fourth-order valence-corrected chi connectivity index (χ4v) is 2.43. The van der Waals surface area contributed by atoms with Crippen LogP contribution in [0.2, 0.25) is 10.2 Å². The Morgan fingerprint density at radius 1 is 0.909 bits per heavy atom. The standard InChI is InChI=1S/C17H12Cl2N2O/c18-13-6-7-15(22-11-12-4-2-1-3-5-12)14(10-13)16-17(19)21-9-8-20-16/h1-10H,11H2. The van der Waals surface area contributed by atoms with Crippen molar-refractivity contribution in [3.05, 3.63) is 76.7 Å². The van der Waals surface area contributed by atoms with Crippen molar-refractivity contribution in [3.8, 4) is 17.0 Å². The van der Waals surface area contributed by atoms with E-state index in [-0.39, 0.29) is 0 Å². The number of ether oxygens (including phenoxy) is 1. The van der Waals surface area contributed by atoms with Crippen molar-refractivity contribution >= 4 is 23.2 Å². The van der Waals surface area contributed by atoms with Crippen LogP contribution in [0.25, 0.3) is 11.3 Å². The van der Waals surface area contributed by atoms with E-state index in [0.29, 0.717) is 28.2 Å². The zero-order chi connectivity index (χ0) is 15.4. The van der Waals surface area contributed by atoms with E-state index < -0.39 is 0 Å². The van der Waals surface area contributed by atoms with Crippen molar-refractivity contribution in [2.45, 2.75) is 6.61 Å². The van der Waals surface area contributed by atoms with Gasteiger partial charge in [-0.2, -0.15) is 0 Å². The van der Waals surface area contributed by atoms with Crippen LogP contribution in [0.4, 0.5) is 0 Å². The van der Waals surface area contributed by atoms with Crippen LogP contribution in [0.5, 0.6) is 5.75 Å². The SMILES string of the molecule is Clc1ccc(OCc2ccccc2)c(-c2nccnc2Cl)c1. The first-order chi connectivity index (χ1) is 10.7. The van der Waals surface area contributed by atoms with E-state index in [1.54, 1.807) is 24.5 Å². The molecule has 0 N–H and O–H groups in total. The van der Waals surface area contributed by atoms with Crippen LogP contribution < -0.4 is 4.74 Å². The lowest BCUT2D eigenvalue weighted by atomic mass is 10.1. The fourth-order valence-electron chi connectivity index (χ4n) is 2.05. The maximum atomic E-state index is 6.13. The Balaban J connectivity index is 1.93. The molecule has 0 aliphatic rings. The molecule has 1 aromatic heterocycles. The first-order valence-corrected chi connectivity index (χ1v) is 7.43. The molecular weight excluding hydrogens is 319 g/mol. The van der Waals surface area contributed by atoms with E-state index in [9.17, 15) is 0 Å². The molecular formula is C17H12Cl2N2O. The summed E-state index contributed by atoms with van der Waals surface area (Å²) in [6, 6.07) is 15.3. The highest BCUT2D eigenvalue weighted by Gasteiger charge is 2.13. The molecule has 0 atom stereocenters. The van der Waals surface area contributed by atoms with E-state index in [2.05, 4.69) is 9.97 Å². The number of nitrogens with zero attached hydrogens (tertiary/aromatic N) is 2. The number of hydrogen-bond acceptors (Lipinski definition) is 3. The fraction of sp³-hybridized carbons (Fsp3) is 0.0588. The molecule has 0 unspecified atom stereocenters. The van der Waals surface area contributed by atoms with Crippen molar-refractivity contribution < 1.29 is 4.74 Å². The molecule has 0 bridgehead atoms. The lowest BCUT2D eigenvalue weighted by molar-refractivity contribution is 0.307. The number of halogens is 2. The molecule has 0 aliphatic carbocycles. The third-order valence-electron chi connectivity index (χ3n) is 3.09. The number of benzene rings is 2. The van der Waals surface area contributed by atoms with Gasteiger partial charge in [-0.1, -0.05) is 53.5 Å². The van der Waals surface area contributed by atoms with Crippen molar-refractivity contribution in [2.24, 2.45) is 0 Å². The highest BCUT2D eigenvalue weighted by Crippen LogP contribution is 2.34. The molecule has 110 valence electrons. The minimum Gasteiger partial charge on any atom is -0.488 e. The summed E-state index contributed by atoms with van der Waals surface area (Å²) in [4.78, 5) is 8.32. The molecule has 3 nitrogen and oxygen atoms in total. The molecule has 3 aromatic rings. The first kappa shape index (κ1) is 14.8. The van der Waals surface area contributed by atoms with Gasteiger partial charge in [-0.15, -0.1) is 0 Å². The third-order valence-corrected chi connectivity index (χ3v) is 3.60. The van der Waals surface area contributed by atoms with Gasteiger partial charge in [0.15, 0.2) is 5.15 Å². The van der Waals surface area contributed by atoms with Crippen molar-refractivity contribution in [3.63, 3.8) is 0 Å². The number of hydrogen-bond donors (Lipinski definition) is 0. The van der Waals surface area contributed by atoms with E-state index in [1.165, 1.54) is 0 Å². The van der Waals surface area contributed by atoms with Crippen LogP contribution in [-0.2, 0) is 6.61 Å². The van der Waals surface area contributed by atoms with E-state index >= 15 is 0 Å². The Morgan fingerprint density at radius 3 is 2.45 bits per heavy atom. The van der Waals surface area contributed by atoms with Crippen LogP contribution in [0.1, 0.15) is 5.56 Å². The van der Waals surface area contributed by atoms with Crippen LogP contribution in [-0.4, -0.2) is 9.97 Å². The normalized spacial score (nSPS) is 10.5. The smallest absolute Gasteiger partial charge is 0.155 e. The van der Waals surface area contributed by atoms with E-state index in [4.69, 9.17) is 27.9 Å². The third kappa shape index (κ3) is 3.38. The summed E-state index contributed by atoms with van der Waals surface area (Å²) in [5.74, 6) is 0.663. The minimum absolute atomic E-state index is 0.314. The zero-order valence-corrected chi connectivity index (χ0v) is 13.1. The summed E-state index contributed by atoms with van der Waals surface area (Å²) in [5, 5.41) is 0.901.